The van der Waals surface area contributed by atoms with Crippen molar-refractivity contribution in [3.05, 3.63) is 30.3 Å². The summed E-state index contributed by atoms with van der Waals surface area (Å²) < 4.78 is 24.1. The molecule has 0 heterocycles. The standard InChI is InChI=1S/C16H25NO3S/c1-13(2)8-7-9-14(3)17-16(18)12-21(19,20)15-10-5-4-6-11-15/h4-6,10-11,13-14H,7-9,12H2,1-3H3,(H,17,18). The van der Waals surface area contributed by atoms with Gasteiger partial charge in [-0.3, -0.25) is 4.79 Å². The number of hydrogen-bond acceptors (Lipinski definition) is 3. The Hall–Kier alpha value is -1.36. The van der Waals surface area contributed by atoms with Crippen molar-refractivity contribution in [1.82, 2.24) is 5.32 Å². The Morgan fingerprint density at radius 3 is 2.29 bits per heavy atom. The summed E-state index contributed by atoms with van der Waals surface area (Å²) in [5.41, 5.74) is 0. The molecule has 1 aromatic rings. The summed E-state index contributed by atoms with van der Waals surface area (Å²) in [7, 11) is -3.55. The molecule has 1 unspecified atom stereocenters. The number of benzene rings is 1. The molecule has 21 heavy (non-hydrogen) atoms. The van der Waals surface area contributed by atoms with Crippen LogP contribution in [0.15, 0.2) is 35.2 Å². The molecule has 0 aromatic heterocycles. The van der Waals surface area contributed by atoms with E-state index in [1.54, 1.807) is 18.2 Å². The lowest BCUT2D eigenvalue weighted by Crippen LogP contribution is -2.36. The minimum atomic E-state index is -3.55. The van der Waals surface area contributed by atoms with Gasteiger partial charge in [0.25, 0.3) is 0 Å². The quantitative estimate of drug-likeness (QED) is 0.803. The Morgan fingerprint density at radius 2 is 1.71 bits per heavy atom. The van der Waals surface area contributed by atoms with Crippen LogP contribution in [0.2, 0.25) is 0 Å². The topological polar surface area (TPSA) is 63.2 Å². The summed E-state index contributed by atoms with van der Waals surface area (Å²) in [4.78, 5) is 12.0. The van der Waals surface area contributed by atoms with E-state index in [9.17, 15) is 13.2 Å². The van der Waals surface area contributed by atoms with Gasteiger partial charge in [-0.1, -0.05) is 44.9 Å². The highest BCUT2D eigenvalue weighted by Gasteiger charge is 2.19. The van der Waals surface area contributed by atoms with Crippen LogP contribution in [0.4, 0.5) is 0 Å². The molecule has 0 aliphatic rings. The van der Waals surface area contributed by atoms with Crippen LogP contribution in [0.1, 0.15) is 40.0 Å². The third-order valence-corrected chi connectivity index (χ3v) is 4.88. The fraction of sp³-hybridized carbons (Fsp3) is 0.562. The van der Waals surface area contributed by atoms with Gasteiger partial charge in [0, 0.05) is 6.04 Å². The molecule has 0 radical (unpaired) electrons. The SMILES string of the molecule is CC(C)CCCC(C)NC(=O)CS(=O)(=O)c1ccccc1. The van der Waals surface area contributed by atoms with Crippen LogP contribution in [0.3, 0.4) is 0 Å². The third-order valence-electron chi connectivity index (χ3n) is 3.25. The molecule has 1 rings (SSSR count). The van der Waals surface area contributed by atoms with Crippen LogP contribution >= 0.6 is 0 Å². The zero-order valence-corrected chi connectivity index (χ0v) is 13.8. The Labute approximate surface area is 127 Å². The van der Waals surface area contributed by atoms with E-state index in [2.05, 4.69) is 19.2 Å². The first-order chi connectivity index (χ1) is 9.81. The molecule has 0 bridgehead atoms. The number of amides is 1. The lowest BCUT2D eigenvalue weighted by Gasteiger charge is -2.14. The molecule has 0 fully saturated rings. The van der Waals surface area contributed by atoms with E-state index in [4.69, 9.17) is 0 Å². The Morgan fingerprint density at radius 1 is 1.10 bits per heavy atom. The van der Waals surface area contributed by atoms with Crippen molar-refractivity contribution in [2.45, 2.75) is 51.0 Å². The van der Waals surface area contributed by atoms with Crippen LogP contribution in [0.25, 0.3) is 0 Å². The predicted octanol–water partition coefficient (Wildman–Crippen LogP) is 2.79. The molecule has 0 saturated heterocycles. The van der Waals surface area contributed by atoms with Crippen molar-refractivity contribution in [3.8, 4) is 0 Å². The molecule has 1 aromatic carbocycles. The van der Waals surface area contributed by atoms with E-state index in [-0.39, 0.29) is 10.9 Å². The number of carbonyl (C=O) groups excluding carboxylic acids is 1. The maximum absolute atomic E-state index is 12.1. The Balaban J connectivity index is 2.46. The minimum absolute atomic E-state index is 0.00206. The number of hydrogen-bond donors (Lipinski definition) is 1. The highest BCUT2D eigenvalue weighted by Crippen LogP contribution is 2.11. The predicted molar refractivity (Wildman–Crippen MR) is 84.8 cm³/mol. The molecule has 1 N–H and O–H groups in total. The Kier molecular flexibility index (Phi) is 6.89. The van der Waals surface area contributed by atoms with Crippen LogP contribution in [0, 0.1) is 5.92 Å². The summed E-state index contributed by atoms with van der Waals surface area (Å²) in [6.45, 7) is 6.23. The van der Waals surface area contributed by atoms with Gasteiger partial charge < -0.3 is 5.32 Å². The van der Waals surface area contributed by atoms with Gasteiger partial charge in [-0.05, 0) is 31.4 Å². The highest BCUT2D eigenvalue weighted by atomic mass is 32.2. The summed E-state index contributed by atoms with van der Waals surface area (Å²) in [6, 6.07) is 8.07. The van der Waals surface area contributed by atoms with E-state index < -0.39 is 21.5 Å². The second-order valence-electron chi connectivity index (χ2n) is 5.87. The molecule has 0 spiro atoms. The Bertz CT molecular complexity index is 538. The van der Waals surface area contributed by atoms with Crippen molar-refractivity contribution in [2.24, 2.45) is 5.92 Å². The average Bonchev–Trinajstić information content (AvgIpc) is 2.38. The summed E-state index contributed by atoms with van der Waals surface area (Å²) in [5.74, 6) is -0.284. The van der Waals surface area contributed by atoms with Gasteiger partial charge in [0.15, 0.2) is 9.84 Å². The monoisotopic (exact) mass is 311 g/mol. The summed E-state index contributed by atoms with van der Waals surface area (Å²) >= 11 is 0. The molecule has 0 aliphatic heterocycles. The van der Waals surface area contributed by atoms with E-state index in [0.717, 1.165) is 19.3 Å². The third kappa shape index (κ3) is 6.76. The second kappa shape index (κ2) is 8.17. The van der Waals surface area contributed by atoms with Crippen molar-refractivity contribution in [2.75, 3.05) is 5.75 Å². The normalized spacial score (nSPS) is 13.1. The minimum Gasteiger partial charge on any atom is -0.353 e. The van der Waals surface area contributed by atoms with E-state index in [0.29, 0.717) is 5.92 Å². The van der Waals surface area contributed by atoms with Gasteiger partial charge in [0.1, 0.15) is 5.75 Å². The summed E-state index contributed by atoms with van der Waals surface area (Å²) in [6.07, 6.45) is 3.02. The molecule has 0 aliphatic carbocycles. The van der Waals surface area contributed by atoms with Gasteiger partial charge >= 0.3 is 0 Å². The molecular formula is C16H25NO3S. The van der Waals surface area contributed by atoms with Crippen molar-refractivity contribution >= 4 is 15.7 Å². The van der Waals surface area contributed by atoms with Crippen molar-refractivity contribution < 1.29 is 13.2 Å². The zero-order valence-electron chi connectivity index (χ0n) is 13.0. The first-order valence-corrected chi connectivity index (χ1v) is 9.03. The molecule has 4 nitrogen and oxygen atoms in total. The maximum atomic E-state index is 12.1. The lowest BCUT2D eigenvalue weighted by atomic mass is 10.0. The van der Waals surface area contributed by atoms with Crippen LogP contribution < -0.4 is 5.32 Å². The second-order valence-corrected chi connectivity index (χ2v) is 7.86. The van der Waals surface area contributed by atoms with Gasteiger partial charge in [0.05, 0.1) is 4.90 Å². The van der Waals surface area contributed by atoms with Crippen molar-refractivity contribution in [1.29, 1.82) is 0 Å². The molecule has 1 amide bonds. The highest BCUT2D eigenvalue weighted by molar-refractivity contribution is 7.92. The maximum Gasteiger partial charge on any atom is 0.235 e. The first kappa shape index (κ1) is 17.7. The van der Waals surface area contributed by atoms with E-state index in [1.165, 1.54) is 12.1 Å². The van der Waals surface area contributed by atoms with Gasteiger partial charge in [-0.2, -0.15) is 0 Å². The number of rotatable bonds is 8. The number of carbonyl (C=O) groups is 1. The smallest absolute Gasteiger partial charge is 0.235 e. The molecular weight excluding hydrogens is 286 g/mol. The number of nitrogens with one attached hydrogen (secondary N) is 1. The van der Waals surface area contributed by atoms with Gasteiger partial charge in [0.2, 0.25) is 5.91 Å². The molecule has 5 heteroatoms. The summed E-state index contributed by atoms with van der Waals surface area (Å²) in [5, 5.41) is 2.76. The van der Waals surface area contributed by atoms with Crippen LogP contribution in [0.5, 0.6) is 0 Å². The fourth-order valence-electron chi connectivity index (χ4n) is 2.10. The van der Waals surface area contributed by atoms with Crippen molar-refractivity contribution in [3.63, 3.8) is 0 Å². The first-order valence-electron chi connectivity index (χ1n) is 7.38. The number of sulfone groups is 1. The molecule has 1 atom stereocenters. The average molecular weight is 311 g/mol. The lowest BCUT2D eigenvalue weighted by molar-refractivity contribution is -0.119. The van der Waals surface area contributed by atoms with Gasteiger partial charge in [-0.25, -0.2) is 8.42 Å². The van der Waals surface area contributed by atoms with E-state index >= 15 is 0 Å². The zero-order chi connectivity index (χ0) is 15.9. The van der Waals surface area contributed by atoms with Gasteiger partial charge in [-0.15, -0.1) is 0 Å². The molecule has 118 valence electrons. The molecule has 0 saturated carbocycles. The fourth-order valence-corrected chi connectivity index (χ4v) is 3.27. The van der Waals surface area contributed by atoms with E-state index in [1.807, 2.05) is 6.92 Å². The van der Waals surface area contributed by atoms with Crippen LogP contribution in [-0.4, -0.2) is 26.1 Å². The largest absolute Gasteiger partial charge is 0.353 e. The van der Waals surface area contributed by atoms with Crippen LogP contribution in [-0.2, 0) is 14.6 Å².